The molecular weight excluding hydrogens is 226 g/mol. The molecule has 0 unspecified atom stereocenters. The highest BCUT2D eigenvalue weighted by atomic mass is 16.5. The van der Waals surface area contributed by atoms with Crippen LogP contribution in [0.2, 0.25) is 0 Å². The normalized spacial score (nSPS) is 10.6. The summed E-state index contributed by atoms with van der Waals surface area (Å²) in [7, 11) is 1.54. The maximum absolute atomic E-state index is 11.7. The zero-order valence-corrected chi connectivity index (χ0v) is 10.6. The van der Waals surface area contributed by atoms with E-state index in [9.17, 15) is 9.59 Å². The highest BCUT2D eigenvalue weighted by Crippen LogP contribution is 1.99. The van der Waals surface area contributed by atoms with Gasteiger partial charge in [-0.1, -0.05) is 13.8 Å². The summed E-state index contributed by atoms with van der Waals surface area (Å²) in [5.41, 5.74) is 0. The van der Waals surface area contributed by atoms with Crippen LogP contribution in [0.5, 0.6) is 0 Å². The molecule has 1 N–H and O–H groups in total. The quantitative estimate of drug-likeness (QED) is 0.590. The minimum atomic E-state index is -1.02. The number of hydrogen-bond acceptors (Lipinski definition) is 4. The van der Waals surface area contributed by atoms with Crippen LogP contribution in [0.25, 0.3) is 0 Å². The van der Waals surface area contributed by atoms with Crippen molar-refractivity contribution in [3.63, 3.8) is 0 Å². The fourth-order valence-corrected chi connectivity index (χ4v) is 1.25. The minimum absolute atomic E-state index is 0.108. The Labute approximate surface area is 101 Å². The van der Waals surface area contributed by atoms with E-state index in [0.717, 1.165) is 0 Å². The SMILES string of the molecule is COCCOCC(=O)N(CC(=O)O)CC(C)C. The molecule has 0 saturated heterocycles. The van der Waals surface area contributed by atoms with Crippen molar-refractivity contribution in [1.29, 1.82) is 0 Å². The number of amides is 1. The summed E-state index contributed by atoms with van der Waals surface area (Å²) in [6.45, 7) is 4.61. The van der Waals surface area contributed by atoms with E-state index in [4.69, 9.17) is 14.6 Å². The van der Waals surface area contributed by atoms with E-state index in [1.54, 1.807) is 7.11 Å². The van der Waals surface area contributed by atoms with Gasteiger partial charge < -0.3 is 19.5 Å². The van der Waals surface area contributed by atoms with Gasteiger partial charge in [0.2, 0.25) is 5.91 Å². The summed E-state index contributed by atoms with van der Waals surface area (Å²) in [6, 6.07) is 0. The van der Waals surface area contributed by atoms with Crippen LogP contribution in [0, 0.1) is 5.92 Å². The molecule has 0 bridgehead atoms. The average molecular weight is 247 g/mol. The molecule has 0 aromatic carbocycles. The molecule has 6 nitrogen and oxygen atoms in total. The number of carbonyl (C=O) groups is 2. The number of carboxylic acid groups (broad SMARTS) is 1. The van der Waals surface area contributed by atoms with Gasteiger partial charge in [-0.05, 0) is 5.92 Å². The van der Waals surface area contributed by atoms with Crippen LogP contribution < -0.4 is 0 Å². The molecular formula is C11H21NO5. The summed E-state index contributed by atoms with van der Waals surface area (Å²) in [6.07, 6.45) is 0. The van der Waals surface area contributed by atoms with Crippen molar-refractivity contribution < 1.29 is 24.2 Å². The number of carbonyl (C=O) groups excluding carboxylic acids is 1. The molecule has 0 aliphatic carbocycles. The molecule has 0 aliphatic heterocycles. The van der Waals surface area contributed by atoms with Crippen molar-refractivity contribution in [3.05, 3.63) is 0 Å². The third-order valence-electron chi connectivity index (χ3n) is 1.92. The van der Waals surface area contributed by atoms with Crippen LogP contribution in [0.15, 0.2) is 0 Å². The van der Waals surface area contributed by atoms with E-state index in [1.165, 1.54) is 4.90 Å². The number of hydrogen-bond donors (Lipinski definition) is 1. The largest absolute Gasteiger partial charge is 0.480 e. The Balaban J connectivity index is 4.08. The molecule has 0 saturated carbocycles. The van der Waals surface area contributed by atoms with E-state index in [1.807, 2.05) is 13.8 Å². The summed E-state index contributed by atoms with van der Waals surface area (Å²) in [5.74, 6) is -1.11. The summed E-state index contributed by atoms with van der Waals surface area (Å²) >= 11 is 0. The molecule has 0 atom stereocenters. The van der Waals surface area contributed by atoms with Gasteiger partial charge in [0.05, 0.1) is 13.2 Å². The third-order valence-corrected chi connectivity index (χ3v) is 1.92. The fraction of sp³-hybridized carbons (Fsp3) is 0.818. The summed E-state index contributed by atoms with van der Waals surface area (Å²) < 4.78 is 9.84. The maximum atomic E-state index is 11.7. The molecule has 6 heteroatoms. The Morgan fingerprint density at radius 3 is 2.41 bits per heavy atom. The number of methoxy groups -OCH3 is 1. The molecule has 0 aliphatic rings. The Bertz CT molecular complexity index is 242. The average Bonchev–Trinajstić information content (AvgIpc) is 2.22. The molecule has 0 aromatic heterocycles. The molecule has 1 amide bonds. The Kier molecular flexibility index (Phi) is 8.35. The lowest BCUT2D eigenvalue weighted by Gasteiger charge is -2.22. The van der Waals surface area contributed by atoms with Crippen molar-refractivity contribution in [2.45, 2.75) is 13.8 Å². The van der Waals surface area contributed by atoms with Gasteiger partial charge in [0.25, 0.3) is 0 Å². The van der Waals surface area contributed by atoms with Gasteiger partial charge >= 0.3 is 5.97 Å². The number of nitrogens with zero attached hydrogens (tertiary/aromatic N) is 1. The second-order valence-electron chi connectivity index (χ2n) is 4.11. The van der Waals surface area contributed by atoms with Crippen molar-refractivity contribution in [2.24, 2.45) is 5.92 Å². The van der Waals surface area contributed by atoms with E-state index in [0.29, 0.717) is 19.8 Å². The Morgan fingerprint density at radius 2 is 1.94 bits per heavy atom. The van der Waals surface area contributed by atoms with Gasteiger partial charge in [0.15, 0.2) is 0 Å². The predicted molar refractivity (Wildman–Crippen MR) is 61.7 cm³/mol. The van der Waals surface area contributed by atoms with Gasteiger partial charge in [0.1, 0.15) is 13.2 Å². The molecule has 0 rings (SSSR count). The van der Waals surface area contributed by atoms with E-state index in [-0.39, 0.29) is 25.0 Å². The van der Waals surface area contributed by atoms with Crippen LogP contribution in [-0.4, -0.2) is 61.9 Å². The molecule has 0 fully saturated rings. The van der Waals surface area contributed by atoms with Crippen LogP contribution in [-0.2, 0) is 19.1 Å². The molecule has 0 heterocycles. The highest BCUT2D eigenvalue weighted by molar-refractivity contribution is 5.82. The number of aliphatic carboxylic acids is 1. The Hall–Kier alpha value is -1.14. The van der Waals surface area contributed by atoms with Crippen molar-refractivity contribution >= 4 is 11.9 Å². The van der Waals surface area contributed by atoms with Crippen molar-refractivity contribution in [2.75, 3.05) is 40.0 Å². The topological polar surface area (TPSA) is 76.1 Å². The smallest absolute Gasteiger partial charge is 0.323 e. The zero-order valence-electron chi connectivity index (χ0n) is 10.6. The molecule has 17 heavy (non-hydrogen) atoms. The fourth-order valence-electron chi connectivity index (χ4n) is 1.25. The predicted octanol–water partition coefficient (Wildman–Crippen LogP) is 0.219. The Morgan fingerprint density at radius 1 is 1.29 bits per heavy atom. The second-order valence-corrected chi connectivity index (χ2v) is 4.11. The second kappa shape index (κ2) is 8.95. The number of carboxylic acids is 1. The first-order valence-electron chi connectivity index (χ1n) is 5.53. The van der Waals surface area contributed by atoms with Crippen LogP contribution in [0.1, 0.15) is 13.8 Å². The van der Waals surface area contributed by atoms with Gasteiger partial charge in [-0.2, -0.15) is 0 Å². The van der Waals surface area contributed by atoms with Gasteiger partial charge in [-0.15, -0.1) is 0 Å². The van der Waals surface area contributed by atoms with Gasteiger partial charge in [0, 0.05) is 13.7 Å². The lowest BCUT2D eigenvalue weighted by molar-refractivity contribution is -0.147. The van der Waals surface area contributed by atoms with Crippen molar-refractivity contribution in [3.8, 4) is 0 Å². The van der Waals surface area contributed by atoms with Gasteiger partial charge in [-0.25, -0.2) is 0 Å². The number of rotatable bonds is 9. The zero-order chi connectivity index (χ0) is 13.3. The van der Waals surface area contributed by atoms with E-state index in [2.05, 4.69) is 0 Å². The van der Waals surface area contributed by atoms with E-state index < -0.39 is 5.97 Å². The van der Waals surface area contributed by atoms with Crippen LogP contribution >= 0.6 is 0 Å². The van der Waals surface area contributed by atoms with E-state index >= 15 is 0 Å². The summed E-state index contributed by atoms with van der Waals surface area (Å²) in [5, 5.41) is 8.70. The van der Waals surface area contributed by atoms with Crippen LogP contribution in [0.4, 0.5) is 0 Å². The first-order valence-corrected chi connectivity index (χ1v) is 5.53. The standard InChI is InChI=1S/C11H21NO5/c1-9(2)6-12(7-11(14)15)10(13)8-17-5-4-16-3/h9H,4-8H2,1-3H3,(H,14,15). The maximum Gasteiger partial charge on any atom is 0.323 e. The van der Waals surface area contributed by atoms with Crippen molar-refractivity contribution in [1.82, 2.24) is 4.90 Å². The highest BCUT2D eigenvalue weighted by Gasteiger charge is 2.17. The number of ether oxygens (including phenoxy) is 2. The van der Waals surface area contributed by atoms with Crippen LogP contribution in [0.3, 0.4) is 0 Å². The first kappa shape index (κ1) is 15.9. The monoisotopic (exact) mass is 247 g/mol. The minimum Gasteiger partial charge on any atom is -0.480 e. The first-order chi connectivity index (χ1) is 7.97. The van der Waals surface area contributed by atoms with Gasteiger partial charge in [-0.3, -0.25) is 9.59 Å². The molecule has 100 valence electrons. The molecule has 0 aromatic rings. The lowest BCUT2D eigenvalue weighted by Crippen LogP contribution is -2.40. The summed E-state index contributed by atoms with van der Waals surface area (Å²) in [4.78, 5) is 23.6. The molecule has 0 spiro atoms. The lowest BCUT2D eigenvalue weighted by atomic mass is 10.2. The third kappa shape index (κ3) is 8.65. The molecule has 0 radical (unpaired) electrons.